The molecular weight excluding hydrogens is 366 g/mol. The largest absolute Gasteiger partial charge is 0.385 e. The van der Waals surface area contributed by atoms with Gasteiger partial charge in [-0.1, -0.05) is 30.3 Å². The lowest BCUT2D eigenvalue weighted by Crippen LogP contribution is -2.43. The number of rotatable bonds is 8. The van der Waals surface area contributed by atoms with E-state index in [-0.39, 0.29) is 5.91 Å². The Hall–Kier alpha value is -2.51. The summed E-state index contributed by atoms with van der Waals surface area (Å²) in [5, 5.41) is 2.96. The predicted molar refractivity (Wildman–Crippen MR) is 115 cm³/mol. The summed E-state index contributed by atoms with van der Waals surface area (Å²) in [6.07, 6.45) is 4.52. The number of hydrogen-bond donors (Lipinski definition) is 1. The molecule has 3 rings (SSSR count). The number of likely N-dealkylation sites (tertiary alicyclic amines) is 1. The predicted octanol–water partition coefficient (Wildman–Crippen LogP) is 2.44. The van der Waals surface area contributed by atoms with Crippen molar-refractivity contribution in [3.8, 4) is 11.4 Å². The summed E-state index contributed by atoms with van der Waals surface area (Å²) in [6, 6.07) is 10.2. The van der Waals surface area contributed by atoms with E-state index in [9.17, 15) is 4.79 Å². The molecule has 1 fully saturated rings. The lowest BCUT2D eigenvalue weighted by molar-refractivity contribution is 0.0948. The maximum atomic E-state index is 12.8. The Labute approximate surface area is 173 Å². The summed E-state index contributed by atoms with van der Waals surface area (Å²) in [7, 11) is 5.84. The van der Waals surface area contributed by atoms with Crippen LogP contribution in [0, 0.1) is 0 Å². The van der Waals surface area contributed by atoms with Gasteiger partial charge in [0.25, 0.3) is 5.91 Å². The second-order valence-corrected chi connectivity index (χ2v) is 7.54. The number of aromatic nitrogens is 2. The fraction of sp³-hybridized carbons (Fsp3) is 0.500. The standard InChI is InChI=1S/C22H31N5O2/c1-26-13-10-18(11-14-26)27(2)21-19(22(28)23-12-7-15-29-3)16-24-20(25-21)17-8-5-4-6-9-17/h4-6,8-9,16,18H,7,10-15H2,1-3H3,(H,23,28). The van der Waals surface area contributed by atoms with Crippen molar-refractivity contribution in [2.75, 3.05) is 52.3 Å². The van der Waals surface area contributed by atoms with Crippen molar-refractivity contribution in [2.24, 2.45) is 0 Å². The number of benzene rings is 1. The molecule has 0 unspecified atom stereocenters. The van der Waals surface area contributed by atoms with Gasteiger partial charge in [-0.05, 0) is 39.4 Å². The molecule has 1 aliphatic rings. The molecule has 7 heteroatoms. The molecule has 1 amide bonds. The smallest absolute Gasteiger partial charge is 0.256 e. The molecule has 2 heterocycles. The van der Waals surface area contributed by atoms with Crippen LogP contribution in [0.3, 0.4) is 0 Å². The van der Waals surface area contributed by atoms with Crippen LogP contribution in [0.25, 0.3) is 11.4 Å². The van der Waals surface area contributed by atoms with Gasteiger partial charge in [-0.25, -0.2) is 9.97 Å². The minimum Gasteiger partial charge on any atom is -0.385 e. The molecule has 0 atom stereocenters. The first-order chi connectivity index (χ1) is 14.1. The monoisotopic (exact) mass is 397 g/mol. The van der Waals surface area contributed by atoms with Crippen molar-refractivity contribution in [1.29, 1.82) is 0 Å². The van der Waals surface area contributed by atoms with Gasteiger partial charge >= 0.3 is 0 Å². The summed E-state index contributed by atoms with van der Waals surface area (Å²) >= 11 is 0. The van der Waals surface area contributed by atoms with Gasteiger partial charge in [-0.2, -0.15) is 0 Å². The van der Waals surface area contributed by atoms with Gasteiger partial charge in [0.1, 0.15) is 11.4 Å². The van der Waals surface area contributed by atoms with Crippen LogP contribution >= 0.6 is 0 Å². The van der Waals surface area contributed by atoms with Gasteiger partial charge < -0.3 is 19.9 Å². The number of hydrogen-bond acceptors (Lipinski definition) is 6. The third-order valence-corrected chi connectivity index (χ3v) is 5.43. The van der Waals surface area contributed by atoms with Gasteiger partial charge in [0.05, 0.1) is 0 Å². The van der Waals surface area contributed by atoms with E-state index >= 15 is 0 Å². The van der Waals surface area contributed by atoms with Gasteiger partial charge in [0, 0.05) is 45.1 Å². The number of ether oxygens (including phenoxy) is 1. The van der Waals surface area contributed by atoms with Crippen LogP contribution < -0.4 is 10.2 Å². The molecule has 0 spiro atoms. The number of anilines is 1. The molecule has 7 nitrogen and oxygen atoms in total. The Morgan fingerprint density at radius 3 is 2.69 bits per heavy atom. The summed E-state index contributed by atoms with van der Waals surface area (Å²) in [4.78, 5) is 26.6. The molecule has 29 heavy (non-hydrogen) atoms. The number of amides is 1. The number of nitrogens with one attached hydrogen (secondary N) is 1. The van der Waals surface area contributed by atoms with Crippen LogP contribution in [0.1, 0.15) is 29.6 Å². The molecule has 1 aromatic heterocycles. The average Bonchev–Trinajstić information content (AvgIpc) is 2.77. The first-order valence-electron chi connectivity index (χ1n) is 10.2. The molecular formula is C22H31N5O2. The summed E-state index contributed by atoms with van der Waals surface area (Å²) in [6.45, 7) is 3.27. The van der Waals surface area contributed by atoms with E-state index in [1.807, 2.05) is 37.4 Å². The Balaban J connectivity index is 1.87. The van der Waals surface area contributed by atoms with Crippen LogP contribution in [0.2, 0.25) is 0 Å². The molecule has 1 N–H and O–H groups in total. The van der Waals surface area contributed by atoms with E-state index in [0.29, 0.717) is 36.4 Å². The molecule has 1 aliphatic heterocycles. The molecule has 1 aromatic carbocycles. The van der Waals surface area contributed by atoms with Gasteiger partial charge in [0.15, 0.2) is 5.82 Å². The highest BCUT2D eigenvalue weighted by Gasteiger charge is 2.26. The molecule has 0 radical (unpaired) electrons. The minimum atomic E-state index is -0.143. The number of piperidine rings is 1. The molecule has 156 valence electrons. The second-order valence-electron chi connectivity index (χ2n) is 7.54. The Kier molecular flexibility index (Phi) is 7.55. The quantitative estimate of drug-likeness (QED) is 0.690. The lowest BCUT2D eigenvalue weighted by atomic mass is 10.0. The lowest BCUT2D eigenvalue weighted by Gasteiger charge is -2.36. The Morgan fingerprint density at radius 2 is 2.00 bits per heavy atom. The van der Waals surface area contributed by atoms with Crippen molar-refractivity contribution in [3.05, 3.63) is 42.1 Å². The van der Waals surface area contributed by atoms with Crippen molar-refractivity contribution < 1.29 is 9.53 Å². The Bertz CT molecular complexity index is 791. The van der Waals surface area contributed by atoms with Crippen LogP contribution in [-0.2, 0) is 4.74 Å². The Morgan fingerprint density at radius 1 is 1.28 bits per heavy atom. The van der Waals surface area contributed by atoms with Crippen LogP contribution in [-0.4, -0.2) is 74.3 Å². The van der Waals surface area contributed by atoms with E-state index in [4.69, 9.17) is 9.72 Å². The number of carbonyl (C=O) groups excluding carboxylic acids is 1. The third-order valence-electron chi connectivity index (χ3n) is 5.43. The highest BCUT2D eigenvalue weighted by atomic mass is 16.5. The fourth-order valence-electron chi connectivity index (χ4n) is 3.60. The van der Waals surface area contributed by atoms with E-state index < -0.39 is 0 Å². The van der Waals surface area contributed by atoms with Crippen LogP contribution in [0.15, 0.2) is 36.5 Å². The zero-order valence-corrected chi connectivity index (χ0v) is 17.6. The average molecular weight is 398 g/mol. The minimum absolute atomic E-state index is 0.143. The number of carbonyl (C=O) groups is 1. The van der Waals surface area contributed by atoms with E-state index in [1.165, 1.54) is 0 Å². The molecule has 0 bridgehead atoms. The third kappa shape index (κ3) is 5.52. The first-order valence-corrected chi connectivity index (χ1v) is 10.2. The maximum Gasteiger partial charge on any atom is 0.256 e. The van der Waals surface area contributed by atoms with E-state index in [1.54, 1.807) is 13.3 Å². The molecule has 2 aromatic rings. The topological polar surface area (TPSA) is 70.6 Å². The summed E-state index contributed by atoms with van der Waals surface area (Å²) in [5.74, 6) is 1.18. The highest BCUT2D eigenvalue weighted by molar-refractivity contribution is 5.98. The maximum absolute atomic E-state index is 12.8. The SMILES string of the molecule is COCCCNC(=O)c1cnc(-c2ccccc2)nc1N(C)C1CCN(C)CC1. The normalized spacial score (nSPS) is 15.3. The van der Waals surface area contributed by atoms with Crippen molar-refractivity contribution in [2.45, 2.75) is 25.3 Å². The second kappa shape index (κ2) is 10.3. The van der Waals surface area contributed by atoms with Crippen LogP contribution in [0.5, 0.6) is 0 Å². The zero-order valence-electron chi connectivity index (χ0n) is 17.6. The summed E-state index contributed by atoms with van der Waals surface area (Å²) in [5.41, 5.74) is 1.46. The molecule has 0 saturated carbocycles. The van der Waals surface area contributed by atoms with Crippen molar-refractivity contribution in [3.63, 3.8) is 0 Å². The van der Waals surface area contributed by atoms with Crippen LogP contribution in [0.4, 0.5) is 5.82 Å². The van der Waals surface area contributed by atoms with E-state index in [2.05, 4.69) is 27.1 Å². The van der Waals surface area contributed by atoms with Gasteiger partial charge in [-0.3, -0.25) is 4.79 Å². The zero-order chi connectivity index (χ0) is 20.6. The summed E-state index contributed by atoms with van der Waals surface area (Å²) < 4.78 is 5.06. The molecule has 0 aliphatic carbocycles. The van der Waals surface area contributed by atoms with Crippen molar-refractivity contribution in [1.82, 2.24) is 20.2 Å². The van der Waals surface area contributed by atoms with E-state index in [0.717, 1.165) is 37.9 Å². The number of nitrogens with zero attached hydrogens (tertiary/aromatic N) is 4. The highest BCUT2D eigenvalue weighted by Crippen LogP contribution is 2.26. The number of methoxy groups -OCH3 is 1. The van der Waals surface area contributed by atoms with Gasteiger partial charge in [0.2, 0.25) is 0 Å². The fourth-order valence-corrected chi connectivity index (χ4v) is 3.60. The van der Waals surface area contributed by atoms with Gasteiger partial charge in [-0.15, -0.1) is 0 Å². The van der Waals surface area contributed by atoms with Crippen molar-refractivity contribution >= 4 is 11.7 Å². The molecule has 1 saturated heterocycles. The first kappa shape index (κ1) is 21.2.